The van der Waals surface area contributed by atoms with E-state index in [1.165, 1.54) is 11.3 Å². The molecule has 2 heterocycles. The lowest BCUT2D eigenvalue weighted by Gasteiger charge is -2.29. The lowest BCUT2D eigenvalue weighted by Crippen LogP contribution is -2.54. The summed E-state index contributed by atoms with van der Waals surface area (Å²) in [5, 5.41) is 9.12. The monoisotopic (exact) mass is 366 g/mol. The van der Waals surface area contributed by atoms with E-state index in [1.54, 1.807) is 18.4 Å². The number of nitrogens with one attached hydrogen (secondary N) is 2. The van der Waals surface area contributed by atoms with E-state index in [0.29, 0.717) is 12.0 Å². The fraction of sp³-hybridized carbons (Fsp3) is 0.611. The quantitative estimate of drug-likeness (QED) is 0.774. The van der Waals surface area contributed by atoms with Crippen molar-refractivity contribution < 1.29 is 19.1 Å². The third-order valence-corrected chi connectivity index (χ3v) is 5.40. The molecule has 2 N–H and O–H groups in total. The molecule has 3 atom stereocenters. The van der Waals surface area contributed by atoms with Gasteiger partial charge in [-0.2, -0.15) is 11.3 Å². The van der Waals surface area contributed by atoms with Crippen LogP contribution in [0, 0.1) is 5.41 Å². The average molecular weight is 366 g/mol. The van der Waals surface area contributed by atoms with Gasteiger partial charge in [0.1, 0.15) is 18.7 Å². The second kappa shape index (κ2) is 8.10. The SMILES string of the molecule is CCC(C)(C)CC(NC(=O)c1ccsc1)C(=O)N[C@@H]1C(=O)CO[C@H]1C. The summed E-state index contributed by atoms with van der Waals surface area (Å²) in [6.07, 6.45) is 0.998. The van der Waals surface area contributed by atoms with Gasteiger partial charge in [-0.1, -0.05) is 27.2 Å². The summed E-state index contributed by atoms with van der Waals surface area (Å²) >= 11 is 1.43. The summed E-state index contributed by atoms with van der Waals surface area (Å²) in [5.74, 6) is -0.769. The molecule has 0 aromatic carbocycles. The van der Waals surface area contributed by atoms with Gasteiger partial charge in [0.05, 0.1) is 11.7 Å². The van der Waals surface area contributed by atoms with E-state index >= 15 is 0 Å². The van der Waals surface area contributed by atoms with Crippen molar-refractivity contribution in [1.29, 1.82) is 0 Å². The number of hydrogen-bond donors (Lipinski definition) is 2. The first-order valence-electron chi connectivity index (χ1n) is 8.51. The Kier molecular flexibility index (Phi) is 6.35. The van der Waals surface area contributed by atoms with Gasteiger partial charge in [0, 0.05) is 5.38 Å². The van der Waals surface area contributed by atoms with Crippen molar-refractivity contribution in [3.8, 4) is 0 Å². The number of carbonyl (C=O) groups is 3. The minimum Gasteiger partial charge on any atom is -0.368 e. The predicted octanol–water partition coefficient (Wildman–Crippen LogP) is 2.15. The molecule has 1 unspecified atom stereocenters. The minimum atomic E-state index is -0.706. The highest BCUT2D eigenvalue weighted by atomic mass is 32.1. The Morgan fingerprint density at radius 1 is 1.44 bits per heavy atom. The van der Waals surface area contributed by atoms with Crippen molar-refractivity contribution in [3.63, 3.8) is 0 Å². The molecule has 0 radical (unpaired) electrons. The number of amides is 2. The zero-order valence-electron chi connectivity index (χ0n) is 15.1. The Morgan fingerprint density at radius 3 is 2.68 bits per heavy atom. The van der Waals surface area contributed by atoms with Crippen LogP contribution < -0.4 is 10.6 Å². The molecule has 0 aliphatic carbocycles. The van der Waals surface area contributed by atoms with Gasteiger partial charge in [-0.05, 0) is 30.2 Å². The molecule has 2 rings (SSSR count). The molecule has 25 heavy (non-hydrogen) atoms. The van der Waals surface area contributed by atoms with Gasteiger partial charge < -0.3 is 15.4 Å². The second-order valence-electron chi connectivity index (χ2n) is 7.23. The van der Waals surface area contributed by atoms with Gasteiger partial charge in [0.2, 0.25) is 5.91 Å². The molecule has 2 amide bonds. The number of ketones is 1. The topological polar surface area (TPSA) is 84.5 Å². The van der Waals surface area contributed by atoms with E-state index in [9.17, 15) is 14.4 Å². The Hall–Kier alpha value is -1.73. The van der Waals surface area contributed by atoms with Crippen LogP contribution in [0.5, 0.6) is 0 Å². The summed E-state index contributed by atoms with van der Waals surface area (Å²) in [6.45, 7) is 7.92. The maximum Gasteiger partial charge on any atom is 0.252 e. The van der Waals surface area contributed by atoms with Crippen LogP contribution in [0.2, 0.25) is 0 Å². The molecule has 0 bridgehead atoms. The van der Waals surface area contributed by atoms with Gasteiger partial charge in [-0.3, -0.25) is 14.4 Å². The van der Waals surface area contributed by atoms with E-state index < -0.39 is 12.1 Å². The zero-order valence-corrected chi connectivity index (χ0v) is 15.9. The normalized spacial score (nSPS) is 21.8. The van der Waals surface area contributed by atoms with Crippen LogP contribution in [0.4, 0.5) is 0 Å². The molecule has 0 saturated carbocycles. The summed E-state index contributed by atoms with van der Waals surface area (Å²) in [7, 11) is 0. The number of Topliss-reactive ketones (excluding diaryl/α,β-unsaturated/α-hetero) is 1. The maximum atomic E-state index is 12.8. The van der Waals surface area contributed by atoms with Crippen molar-refractivity contribution in [1.82, 2.24) is 10.6 Å². The lowest BCUT2D eigenvalue weighted by atomic mass is 9.83. The van der Waals surface area contributed by atoms with E-state index in [1.807, 2.05) is 12.3 Å². The standard InChI is InChI=1S/C18H26N2O4S/c1-5-18(3,4)8-13(19-16(22)12-6-7-25-10-12)17(23)20-15-11(2)24-9-14(15)21/h6-7,10-11,13,15H,5,8-9H2,1-4H3,(H,19,22)(H,20,23)/t11-,13?,15-/m0/s1. The van der Waals surface area contributed by atoms with Crippen LogP contribution in [-0.4, -0.2) is 42.4 Å². The molecule has 1 saturated heterocycles. The molecule has 6 nitrogen and oxygen atoms in total. The Balaban J connectivity index is 2.11. The van der Waals surface area contributed by atoms with E-state index in [4.69, 9.17) is 4.74 Å². The number of thiophene rings is 1. The van der Waals surface area contributed by atoms with Gasteiger partial charge in [-0.15, -0.1) is 0 Å². The van der Waals surface area contributed by atoms with E-state index in [-0.39, 0.29) is 35.7 Å². The Morgan fingerprint density at radius 2 is 2.16 bits per heavy atom. The van der Waals surface area contributed by atoms with Crippen molar-refractivity contribution in [2.24, 2.45) is 5.41 Å². The number of carbonyl (C=O) groups excluding carboxylic acids is 3. The fourth-order valence-electron chi connectivity index (χ4n) is 2.65. The van der Waals surface area contributed by atoms with Gasteiger partial charge in [0.15, 0.2) is 5.78 Å². The van der Waals surface area contributed by atoms with Crippen molar-refractivity contribution in [3.05, 3.63) is 22.4 Å². The lowest BCUT2D eigenvalue weighted by molar-refractivity contribution is -0.128. The molecule has 1 aromatic rings. The van der Waals surface area contributed by atoms with Crippen molar-refractivity contribution >= 4 is 28.9 Å². The summed E-state index contributed by atoms with van der Waals surface area (Å²) in [5.41, 5.74) is 0.414. The van der Waals surface area contributed by atoms with Crippen LogP contribution in [0.3, 0.4) is 0 Å². The molecule has 1 aliphatic rings. The third kappa shape index (κ3) is 5.12. The van der Waals surface area contributed by atoms with Crippen LogP contribution in [-0.2, 0) is 14.3 Å². The molecular weight excluding hydrogens is 340 g/mol. The molecule has 0 spiro atoms. The van der Waals surface area contributed by atoms with Crippen molar-refractivity contribution in [2.45, 2.75) is 58.7 Å². The Labute approximate surface area is 152 Å². The highest BCUT2D eigenvalue weighted by Gasteiger charge is 2.36. The molecule has 1 aromatic heterocycles. The fourth-order valence-corrected chi connectivity index (χ4v) is 3.29. The molecule has 1 aliphatic heterocycles. The van der Waals surface area contributed by atoms with Crippen LogP contribution in [0.25, 0.3) is 0 Å². The predicted molar refractivity (Wildman–Crippen MR) is 96.6 cm³/mol. The molecule has 1 fully saturated rings. The summed E-state index contributed by atoms with van der Waals surface area (Å²) in [4.78, 5) is 37.0. The molecular formula is C18H26N2O4S. The van der Waals surface area contributed by atoms with Crippen molar-refractivity contribution in [2.75, 3.05) is 6.61 Å². The van der Waals surface area contributed by atoms with Crippen LogP contribution >= 0.6 is 11.3 Å². The molecule has 138 valence electrons. The smallest absolute Gasteiger partial charge is 0.252 e. The second-order valence-corrected chi connectivity index (χ2v) is 8.01. The first kappa shape index (κ1) is 19.6. The number of ether oxygens (including phenoxy) is 1. The van der Waals surface area contributed by atoms with Crippen LogP contribution in [0.15, 0.2) is 16.8 Å². The zero-order chi connectivity index (χ0) is 18.6. The summed E-state index contributed by atoms with van der Waals surface area (Å²) in [6, 6.07) is 0.358. The number of rotatable bonds is 7. The average Bonchev–Trinajstić information content (AvgIpc) is 3.19. The van der Waals surface area contributed by atoms with E-state index in [0.717, 1.165) is 6.42 Å². The largest absolute Gasteiger partial charge is 0.368 e. The van der Waals surface area contributed by atoms with Gasteiger partial charge in [0.25, 0.3) is 5.91 Å². The highest BCUT2D eigenvalue weighted by molar-refractivity contribution is 7.08. The van der Waals surface area contributed by atoms with Gasteiger partial charge >= 0.3 is 0 Å². The summed E-state index contributed by atoms with van der Waals surface area (Å²) < 4.78 is 5.27. The third-order valence-electron chi connectivity index (χ3n) is 4.72. The first-order chi connectivity index (χ1) is 11.7. The van der Waals surface area contributed by atoms with E-state index in [2.05, 4.69) is 24.5 Å². The molecule has 7 heteroatoms. The number of hydrogen-bond acceptors (Lipinski definition) is 5. The first-order valence-corrected chi connectivity index (χ1v) is 9.45. The highest BCUT2D eigenvalue weighted by Crippen LogP contribution is 2.26. The Bertz CT molecular complexity index is 627. The van der Waals surface area contributed by atoms with Crippen LogP contribution in [0.1, 0.15) is 50.9 Å². The minimum absolute atomic E-state index is 0.0124. The van der Waals surface area contributed by atoms with Gasteiger partial charge in [-0.25, -0.2) is 0 Å². The maximum absolute atomic E-state index is 12.8.